The standard InChI is InChI=1S/C11H19N2O2.2C7H7.Ti/c1-8-9(12-6-14)4-11(2,3)5-10(8)13-7-15;2*1-7-5-3-2-4-6-7;/h6-9H,4-5H2,1-3H3,(H,12,14)(H,13,15);2*2-6H,1H2;. The molecule has 1 fully saturated rings. The van der Waals surface area contributed by atoms with E-state index in [-0.39, 0.29) is 21.2 Å². The molecule has 1 aliphatic rings. The molecule has 4 nitrogen and oxygen atoms in total. The Labute approximate surface area is 186 Å². The van der Waals surface area contributed by atoms with Gasteiger partial charge in [-0.05, 0) is 0 Å². The molecule has 2 N–H and O–H groups in total. The normalized spacial score (nSPS) is 25.2. The molecular weight excluding hydrogens is 408 g/mol. The Balaban J connectivity index is 2.06. The molecule has 2 aromatic carbocycles. The first-order valence-electron chi connectivity index (χ1n) is 10.7. The van der Waals surface area contributed by atoms with E-state index >= 15 is 0 Å². The predicted molar refractivity (Wildman–Crippen MR) is 117 cm³/mol. The van der Waals surface area contributed by atoms with Crippen molar-refractivity contribution in [2.45, 2.75) is 52.9 Å². The van der Waals surface area contributed by atoms with Crippen molar-refractivity contribution in [2.75, 3.05) is 0 Å². The molecule has 0 aromatic heterocycles. The van der Waals surface area contributed by atoms with Crippen LogP contribution >= 0.6 is 0 Å². The second kappa shape index (κ2) is 9.93. The first-order valence-corrected chi connectivity index (χ1v) is 13.7. The van der Waals surface area contributed by atoms with Gasteiger partial charge in [0.05, 0.1) is 0 Å². The first-order chi connectivity index (χ1) is 14.4. The van der Waals surface area contributed by atoms with E-state index < -0.39 is 17.9 Å². The molecular formula is C25H33N2O2Ti. The Morgan fingerprint density at radius 1 is 0.933 bits per heavy atom. The van der Waals surface area contributed by atoms with Crippen molar-refractivity contribution in [3.63, 3.8) is 0 Å². The second-order valence-electron chi connectivity index (χ2n) is 9.39. The molecule has 3 unspecified atom stereocenters. The van der Waals surface area contributed by atoms with Gasteiger partial charge in [-0.2, -0.15) is 0 Å². The molecule has 30 heavy (non-hydrogen) atoms. The minimum atomic E-state index is -1.99. The number of carbonyl (C=O) groups is 2. The first kappa shape index (κ1) is 22.8. The van der Waals surface area contributed by atoms with Crippen LogP contribution in [-0.2, 0) is 36.9 Å². The van der Waals surface area contributed by atoms with E-state index in [9.17, 15) is 9.59 Å². The van der Waals surface area contributed by atoms with Gasteiger partial charge < -0.3 is 0 Å². The van der Waals surface area contributed by atoms with Crippen molar-refractivity contribution in [1.29, 1.82) is 0 Å². The summed E-state index contributed by atoms with van der Waals surface area (Å²) in [5.74, 6) is 0.184. The molecule has 0 aliphatic heterocycles. The summed E-state index contributed by atoms with van der Waals surface area (Å²) < 4.78 is 1.81. The van der Waals surface area contributed by atoms with Gasteiger partial charge in [-0.15, -0.1) is 0 Å². The Morgan fingerprint density at radius 2 is 1.47 bits per heavy atom. The second-order valence-corrected chi connectivity index (χ2v) is 13.8. The molecule has 3 atom stereocenters. The van der Waals surface area contributed by atoms with Crippen molar-refractivity contribution in [3.05, 3.63) is 71.8 Å². The van der Waals surface area contributed by atoms with Crippen LogP contribution in [0.3, 0.4) is 0 Å². The molecule has 2 aromatic rings. The molecule has 3 rings (SSSR count). The zero-order chi connectivity index (χ0) is 21.6. The van der Waals surface area contributed by atoms with Gasteiger partial charge in [-0.25, -0.2) is 0 Å². The predicted octanol–water partition coefficient (Wildman–Crippen LogP) is 4.02. The van der Waals surface area contributed by atoms with E-state index in [1.807, 2.05) is 0 Å². The maximum atomic E-state index is 11.9. The van der Waals surface area contributed by atoms with Gasteiger partial charge in [-0.1, -0.05) is 0 Å². The number of benzene rings is 2. The van der Waals surface area contributed by atoms with E-state index in [0.29, 0.717) is 0 Å². The van der Waals surface area contributed by atoms with Crippen LogP contribution in [0.1, 0.15) is 44.7 Å². The number of rotatable bonds is 9. The Morgan fingerprint density at radius 3 is 1.93 bits per heavy atom. The molecule has 1 aliphatic carbocycles. The van der Waals surface area contributed by atoms with Crippen molar-refractivity contribution in [2.24, 2.45) is 11.3 Å². The van der Waals surface area contributed by atoms with E-state index in [1.54, 1.807) is 0 Å². The van der Waals surface area contributed by atoms with E-state index in [0.717, 1.165) is 35.1 Å². The number of carbonyl (C=O) groups excluding carboxylic acids is 2. The van der Waals surface area contributed by atoms with Gasteiger partial charge in [0.25, 0.3) is 0 Å². The van der Waals surface area contributed by atoms with Crippen molar-refractivity contribution in [1.82, 2.24) is 10.6 Å². The Bertz CT molecular complexity index is 786. The third-order valence-corrected chi connectivity index (χ3v) is 12.5. The number of amides is 2. The molecule has 159 valence electrons. The van der Waals surface area contributed by atoms with Gasteiger partial charge >= 0.3 is 187 Å². The summed E-state index contributed by atoms with van der Waals surface area (Å²) >= 11 is -1.99. The Hall–Kier alpha value is -1.91. The van der Waals surface area contributed by atoms with Gasteiger partial charge in [0.2, 0.25) is 0 Å². The fraction of sp³-hybridized carbons (Fsp3) is 0.440. The average Bonchev–Trinajstić information content (AvgIpc) is 2.72. The zero-order valence-corrected chi connectivity index (χ0v) is 19.8. The third kappa shape index (κ3) is 5.22. The van der Waals surface area contributed by atoms with E-state index in [1.165, 1.54) is 11.1 Å². The third-order valence-electron chi connectivity index (χ3n) is 6.66. The van der Waals surface area contributed by atoms with Gasteiger partial charge in [0.1, 0.15) is 0 Å². The van der Waals surface area contributed by atoms with Gasteiger partial charge in [-0.3, -0.25) is 0 Å². The molecule has 2 amide bonds. The zero-order valence-electron chi connectivity index (χ0n) is 18.2. The van der Waals surface area contributed by atoms with Crippen LogP contribution in [0.4, 0.5) is 0 Å². The maximum absolute atomic E-state index is 11.9. The van der Waals surface area contributed by atoms with E-state index in [4.69, 9.17) is 0 Å². The summed E-state index contributed by atoms with van der Waals surface area (Å²) in [6, 6.07) is 21.4. The van der Waals surface area contributed by atoms with Crippen molar-refractivity contribution >= 4 is 12.8 Å². The molecule has 0 heterocycles. The summed E-state index contributed by atoms with van der Waals surface area (Å²) in [5, 5.41) is 6.45. The quantitative estimate of drug-likeness (QED) is 0.456. The molecule has 5 heteroatoms. The van der Waals surface area contributed by atoms with Crippen molar-refractivity contribution < 1.29 is 27.5 Å². The van der Waals surface area contributed by atoms with Gasteiger partial charge in [0.15, 0.2) is 0 Å². The number of hydrogen-bond donors (Lipinski definition) is 2. The van der Waals surface area contributed by atoms with Crippen LogP contribution in [0, 0.1) is 11.3 Å². The summed E-state index contributed by atoms with van der Waals surface area (Å²) in [6.45, 7) is 6.75. The molecule has 0 spiro atoms. The van der Waals surface area contributed by atoms with Crippen LogP contribution in [-0.4, -0.2) is 22.7 Å². The molecule has 0 bridgehead atoms. The summed E-state index contributed by atoms with van der Waals surface area (Å²) in [7, 11) is 0. The number of nitrogens with one attached hydrogen (secondary N) is 2. The fourth-order valence-electron chi connectivity index (χ4n) is 5.29. The van der Waals surface area contributed by atoms with Crippen LogP contribution in [0.2, 0.25) is 0 Å². The molecule has 0 radical (unpaired) electrons. The van der Waals surface area contributed by atoms with Crippen LogP contribution < -0.4 is 10.6 Å². The Kier molecular flexibility index (Phi) is 7.54. The van der Waals surface area contributed by atoms with Crippen LogP contribution in [0.15, 0.2) is 60.7 Å². The molecule has 0 saturated heterocycles. The SMILES string of the molecule is CC1C(NC=O)CC(C)(C)C[C]1(NC=O)[Ti]([CH2]c1ccccc1)[CH2]c1ccccc1. The van der Waals surface area contributed by atoms with Crippen LogP contribution in [0.5, 0.6) is 0 Å². The van der Waals surface area contributed by atoms with Crippen molar-refractivity contribution in [3.8, 4) is 0 Å². The minimum absolute atomic E-state index is 0.0365. The average molecular weight is 441 g/mol. The number of hydrogen-bond acceptors (Lipinski definition) is 2. The monoisotopic (exact) mass is 441 g/mol. The van der Waals surface area contributed by atoms with Crippen LogP contribution in [0.25, 0.3) is 0 Å². The summed E-state index contributed by atoms with van der Waals surface area (Å²) in [6.07, 6.45) is 3.60. The van der Waals surface area contributed by atoms with E-state index in [2.05, 4.69) is 92.1 Å². The summed E-state index contributed by atoms with van der Waals surface area (Å²) in [5.41, 5.74) is 2.71. The summed E-state index contributed by atoms with van der Waals surface area (Å²) in [4.78, 5) is 23.3. The topological polar surface area (TPSA) is 58.2 Å². The van der Waals surface area contributed by atoms with Gasteiger partial charge in [0, 0.05) is 0 Å². The fourth-order valence-corrected chi connectivity index (χ4v) is 11.6. The molecule has 1 saturated carbocycles.